The van der Waals surface area contributed by atoms with Crippen LogP contribution < -0.4 is 10.1 Å². The molecule has 2 heterocycles. The Kier molecular flexibility index (Phi) is 5.91. The topological polar surface area (TPSA) is 67.9 Å². The van der Waals surface area contributed by atoms with Crippen LogP contribution >= 0.6 is 0 Å². The number of esters is 1. The van der Waals surface area contributed by atoms with E-state index in [1.54, 1.807) is 0 Å². The number of hydrogen-bond donors (Lipinski definition) is 1. The van der Waals surface area contributed by atoms with Gasteiger partial charge in [-0.05, 0) is 32.4 Å². The zero-order valence-corrected chi connectivity index (χ0v) is 14.7. The third-order valence-electron chi connectivity index (χ3n) is 4.79. The molecule has 0 aromatic heterocycles. The Morgan fingerprint density at radius 2 is 2.16 bits per heavy atom. The Balaban J connectivity index is 1.54. The molecule has 0 spiro atoms. The zero-order valence-electron chi connectivity index (χ0n) is 14.7. The average molecular weight is 346 g/mol. The average Bonchev–Trinajstić information content (AvgIpc) is 2.62. The number of para-hydroxylation sites is 1. The van der Waals surface area contributed by atoms with Crippen molar-refractivity contribution < 1.29 is 19.1 Å². The maximum Gasteiger partial charge on any atom is 0.310 e. The number of carbonyl (C=O) groups is 2. The summed E-state index contributed by atoms with van der Waals surface area (Å²) in [6.45, 7) is 4.58. The molecule has 3 rings (SSSR count). The molecule has 6 heteroatoms. The number of rotatable bonds is 5. The van der Waals surface area contributed by atoms with E-state index in [1.807, 2.05) is 36.1 Å². The third-order valence-corrected chi connectivity index (χ3v) is 4.79. The first-order valence-corrected chi connectivity index (χ1v) is 9.07. The predicted octanol–water partition coefficient (Wildman–Crippen LogP) is 1.90. The summed E-state index contributed by atoms with van der Waals surface area (Å²) in [7, 11) is 0. The van der Waals surface area contributed by atoms with E-state index in [-0.39, 0.29) is 23.8 Å². The van der Waals surface area contributed by atoms with Gasteiger partial charge in [-0.25, -0.2) is 0 Å². The molecule has 25 heavy (non-hydrogen) atoms. The molecule has 0 saturated carbocycles. The Hall–Kier alpha value is -2.08. The van der Waals surface area contributed by atoms with Gasteiger partial charge in [-0.15, -0.1) is 0 Å². The van der Waals surface area contributed by atoms with Crippen molar-refractivity contribution in [3.63, 3.8) is 0 Å². The molecule has 1 amide bonds. The maximum absolute atomic E-state index is 12.5. The van der Waals surface area contributed by atoms with Gasteiger partial charge in [0.15, 0.2) is 0 Å². The summed E-state index contributed by atoms with van der Waals surface area (Å²) in [4.78, 5) is 26.4. The number of piperidine rings is 1. The highest BCUT2D eigenvalue weighted by atomic mass is 16.5. The van der Waals surface area contributed by atoms with Crippen LogP contribution in [0.5, 0.6) is 5.75 Å². The summed E-state index contributed by atoms with van der Waals surface area (Å²) >= 11 is 0. The van der Waals surface area contributed by atoms with Gasteiger partial charge in [0.1, 0.15) is 5.75 Å². The van der Waals surface area contributed by atoms with Gasteiger partial charge >= 0.3 is 5.97 Å². The summed E-state index contributed by atoms with van der Waals surface area (Å²) < 4.78 is 10.8. The van der Waals surface area contributed by atoms with E-state index in [2.05, 4.69) is 5.32 Å². The molecule has 0 radical (unpaired) electrons. The van der Waals surface area contributed by atoms with Crippen LogP contribution in [0, 0.1) is 5.92 Å². The summed E-state index contributed by atoms with van der Waals surface area (Å²) in [5.74, 6) is 0.571. The van der Waals surface area contributed by atoms with Crippen molar-refractivity contribution in [3.05, 3.63) is 29.8 Å². The highest BCUT2D eigenvalue weighted by Crippen LogP contribution is 2.31. The molecule has 1 N–H and O–H groups in total. The Morgan fingerprint density at radius 3 is 3.00 bits per heavy atom. The molecule has 136 valence electrons. The van der Waals surface area contributed by atoms with Crippen molar-refractivity contribution in [2.45, 2.75) is 32.2 Å². The number of hydrogen-bond acceptors (Lipinski definition) is 5. The first kappa shape index (κ1) is 17.7. The second kappa shape index (κ2) is 8.34. The van der Waals surface area contributed by atoms with Gasteiger partial charge in [-0.2, -0.15) is 0 Å². The van der Waals surface area contributed by atoms with Gasteiger partial charge in [-0.3, -0.25) is 14.5 Å². The number of amides is 1. The van der Waals surface area contributed by atoms with Gasteiger partial charge in [0, 0.05) is 18.5 Å². The second-order valence-corrected chi connectivity index (χ2v) is 6.62. The fourth-order valence-corrected chi connectivity index (χ4v) is 3.59. The van der Waals surface area contributed by atoms with Crippen molar-refractivity contribution >= 4 is 11.9 Å². The van der Waals surface area contributed by atoms with Gasteiger partial charge in [-0.1, -0.05) is 18.2 Å². The Morgan fingerprint density at radius 1 is 1.32 bits per heavy atom. The van der Waals surface area contributed by atoms with Crippen LogP contribution in [-0.2, 0) is 14.3 Å². The number of fused-ring (bicyclic) bond motifs is 1. The van der Waals surface area contributed by atoms with E-state index < -0.39 is 0 Å². The van der Waals surface area contributed by atoms with Gasteiger partial charge in [0.05, 0.1) is 31.7 Å². The van der Waals surface area contributed by atoms with Crippen molar-refractivity contribution in [1.82, 2.24) is 10.2 Å². The fourth-order valence-electron chi connectivity index (χ4n) is 3.59. The molecule has 0 bridgehead atoms. The van der Waals surface area contributed by atoms with Crippen LogP contribution in [0.25, 0.3) is 0 Å². The van der Waals surface area contributed by atoms with E-state index in [0.29, 0.717) is 26.3 Å². The van der Waals surface area contributed by atoms with Crippen LogP contribution in [0.15, 0.2) is 24.3 Å². The zero-order chi connectivity index (χ0) is 17.6. The summed E-state index contributed by atoms with van der Waals surface area (Å²) in [6, 6.07) is 7.82. The van der Waals surface area contributed by atoms with Crippen LogP contribution in [0.2, 0.25) is 0 Å². The molecule has 1 aromatic rings. The van der Waals surface area contributed by atoms with Crippen molar-refractivity contribution in [2.75, 3.05) is 32.8 Å². The van der Waals surface area contributed by atoms with Crippen LogP contribution in [0.1, 0.15) is 37.8 Å². The minimum Gasteiger partial charge on any atom is -0.493 e. The summed E-state index contributed by atoms with van der Waals surface area (Å²) in [5, 5.41) is 3.11. The number of likely N-dealkylation sites (tertiary alicyclic amines) is 1. The van der Waals surface area contributed by atoms with Crippen molar-refractivity contribution in [3.8, 4) is 5.75 Å². The van der Waals surface area contributed by atoms with E-state index in [4.69, 9.17) is 9.47 Å². The molecule has 2 unspecified atom stereocenters. The van der Waals surface area contributed by atoms with Gasteiger partial charge < -0.3 is 14.8 Å². The molecule has 2 aliphatic heterocycles. The summed E-state index contributed by atoms with van der Waals surface area (Å²) in [6.07, 6.45) is 2.52. The van der Waals surface area contributed by atoms with Crippen LogP contribution in [-0.4, -0.2) is 49.6 Å². The number of ether oxygens (including phenoxy) is 2. The van der Waals surface area contributed by atoms with E-state index in [1.165, 1.54) is 0 Å². The van der Waals surface area contributed by atoms with Crippen molar-refractivity contribution in [2.24, 2.45) is 5.92 Å². The van der Waals surface area contributed by atoms with E-state index >= 15 is 0 Å². The highest BCUT2D eigenvalue weighted by molar-refractivity contribution is 5.79. The van der Waals surface area contributed by atoms with Gasteiger partial charge in [0.2, 0.25) is 5.91 Å². The normalized spacial score (nSPS) is 23.2. The standard InChI is InChI=1S/C19H26N2O4/c1-2-24-19(23)14-6-5-10-21(12-14)13-18(22)20-16-9-11-25-17-8-4-3-7-15(16)17/h3-4,7-8,14,16H,2,5-6,9-13H2,1H3,(H,20,22). The third kappa shape index (κ3) is 4.51. The number of carbonyl (C=O) groups excluding carboxylic acids is 2. The molecule has 2 atom stereocenters. The molecule has 2 aliphatic rings. The largest absolute Gasteiger partial charge is 0.493 e. The second-order valence-electron chi connectivity index (χ2n) is 6.62. The molecule has 0 aliphatic carbocycles. The van der Waals surface area contributed by atoms with E-state index in [9.17, 15) is 9.59 Å². The monoisotopic (exact) mass is 346 g/mol. The smallest absolute Gasteiger partial charge is 0.310 e. The number of nitrogens with zero attached hydrogens (tertiary/aromatic N) is 1. The molecular weight excluding hydrogens is 320 g/mol. The van der Waals surface area contributed by atoms with Crippen LogP contribution in [0.4, 0.5) is 0 Å². The summed E-state index contributed by atoms with van der Waals surface area (Å²) in [5.41, 5.74) is 1.03. The first-order valence-electron chi connectivity index (χ1n) is 9.07. The van der Waals surface area contributed by atoms with Crippen molar-refractivity contribution in [1.29, 1.82) is 0 Å². The Bertz CT molecular complexity index is 619. The minimum atomic E-state index is -0.147. The minimum absolute atomic E-state index is 0.00814. The SMILES string of the molecule is CCOC(=O)C1CCCN(CC(=O)NC2CCOc3ccccc32)C1. The number of benzene rings is 1. The molecule has 1 aromatic carbocycles. The maximum atomic E-state index is 12.5. The Labute approximate surface area is 148 Å². The lowest BCUT2D eigenvalue weighted by Crippen LogP contribution is -2.45. The van der Waals surface area contributed by atoms with E-state index in [0.717, 1.165) is 37.1 Å². The lowest BCUT2D eigenvalue weighted by molar-refractivity contribution is -0.150. The predicted molar refractivity (Wildman–Crippen MR) is 93.2 cm³/mol. The first-order chi connectivity index (χ1) is 12.2. The fraction of sp³-hybridized carbons (Fsp3) is 0.579. The molecular formula is C19H26N2O4. The quantitative estimate of drug-likeness (QED) is 0.825. The van der Waals surface area contributed by atoms with Gasteiger partial charge in [0.25, 0.3) is 0 Å². The molecule has 1 fully saturated rings. The molecule has 6 nitrogen and oxygen atoms in total. The highest BCUT2D eigenvalue weighted by Gasteiger charge is 2.29. The van der Waals surface area contributed by atoms with Crippen LogP contribution in [0.3, 0.4) is 0 Å². The molecule has 1 saturated heterocycles. The lowest BCUT2D eigenvalue weighted by Gasteiger charge is -2.32. The lowest BCUT2D eigenvalue weighted by atomic mass is 9.98. The number of nitrogens with one attached hydrogen (secondary N) is 1.